The Bertz CT molecular complexity index is 492. The summed E-state index contributed by atoms with van der Waals surface area (Å²) in [6, 6.07) is 7.28. The van der Waals surface area contributed by atoms with Crippen LogP contribution in [0.2, 0.25) is 0 Å². The molecule has 1 fully saturated rings. The average molecular weight is 313 g/mol. The van der Waals surface area contributed by atoms with Crippen molar-refractivity contribution in [2.75, 3.05) is 20.1 Å². The van der Waals surface area contributed by atoms with E-state index in [2.05, 4.69) is 15.9 Å². The van der Waals surface area contributed by atoms with Crippen molar-refractivity contribution in [1.82, 2.24) is 9.80 Å². The number of hydrogen-bond donors (Lipinski definition) is 1. The number of amides is 2. The summed E-state index contributed by atoms with van der Waals surface area (Å²) in [5.74, 6) is -0.996. The predicted molar refractivity (Wildman–Crippen MR) is 69.3 cm³/mol. The van der Waals surface area contributed by atoms with Gasteiger partial charge in [0.05, 0.1) is 6.04 Å². The Morgan fingerprint density at radius 1 is 1.50 bits per heavy atom. The van der Waals surface area contributed by atoms with Crippen LogP contribution >= 0.6 is 15.9 Å². The Hall–Kier alpha value is -1.56. The van der Waals surface area contributed by atoms with Crippen molar-refractivity contribution >= 4 is 27.9 Å². The minimum atomic E-state index is -0.996. The standard InChI is InChI=1S/C12H13BrN2O3/c1-14-10(8-4-2-3-5-9(8)13)6-15(12(14)18)7-11(16)17/h2-5,10H,6-7H2,1H3,(H,16,17). The van der Waals surface area contributed by atoms with Crippen LogP contribution in [0.5, 0.6) is 0 Å². The molecule has 1 saturated heterocycles. The summed E-state index contributed by atoms with van der Waals surface area (Å²) in [6.45, 7) is 0.133. The highest BCUT2D eigenvalue weighted by molar-refractivity contribution is 9.10. The van der Waals surface area contributed by atoms with Gasteiger partial charge in [-0.25, -0.2) is 4.79 Å². The van der Waals surface area contributed by atoms with Gasteiger partial charge in [0.2, 0.25) is 0 Å². The molecule has 0 radical (unpaired) electrons. The molecular weight excluding hydrogens is 300 g/mol. The van der Waals surface area contributed by atoms with Crippen molar-refractivity contribution in [1.29, 1.82) is 0 Å². The van der Waals surface area contributed by atoms with Gasteiger partial charge in [-0.2, -0.15) is 0 Å². The zero-order valence-corrected chi connectivity index (χ0v) is 11.4. The van der Waals surface area contributed by atoms with Crippen molar-refractivity contribution in [3.05, 3.63) is 34.3 Å². The average Bonchev–Trinajstić information content (AvgIpc) is 2.58. The Kier molecular flexibility index (Phi) is 3.56. The normalized spacial score (nSPS) is 19.4. The number of nitrogens with zero attached hydrogens (tertiary/aromatic N) is 2. The molecule has 1 heterocycles. The maximum Gasteiger partial charge on any atom is 0.323 e. The number of hydrogen-bond acceptors (Lipinski definition) is 2. The maximum atomic E-state index is 11.9. The van der Waals surface area contributed by atoms with E-state index in [9.17, 15) is 9.59 Å². The minimum Gasteiger partial charge on any atom is -0.480 e. The second-order valence-electron chi connectivity index (χ2n) is 4.21. The summed E-state index contributed by atoms with van der Waals surface area (Å²) < 4.78 is 0.923. The second kappa shape index (κ2) is 4.97. The monoisotopic (exact) mass is 312 g/mol. The van der Waals surface area contributed by atoms with Gasteiger partial charge >= 0.3 is 12.0 Å². The molecule has 18 heavy (non-hydrogen) atoms. The lowest BCUT2D eigenvalue weighted by Crippen LogP contribution is -2.33. The topological polar surface area (TPSA) is 60.9 Å². The fourth-order valence-electron chi connectivity index (χ4n) is 2.11. The molecule has 5 nitrogen and oxygen atoms in total. The Morgan fingerprint density at radius 3 is 2.78 bits per heavy atom. The summed E-state index contributed by atoms with van der Waals surface area (Å²) in [6.07, 6.45) is 0. The van der Waals surface area contributed by atoms with E-state index in [1.54, 1.807) is 11.9 Å². The molecule has 1 aliphatic rings. The van der Waals surface area contributed by atoms with E-state index >= 15 is 0 Å². The lowest BCUT2D eigenvalue weighted by atomic mass is 10.1. The lowest BCUT2D eigenvalue weighted by molar-refractivity contribution is -0.137. The fourth-order valence-corrected chi connectivity index (χ4v) is 2.66. The molecule has 0 spiro atoms. The van der Waals surface area contributed by atoms with Crippen LogP contribution < -0.4 is 0 Å². The SMILES string of the molecule is CN1C(=O)N(CC(=O)O)CC1c1ccccc1Br. The number of carbonyl (C=O) groups is 2. The largest absolute Gasteiger partial charge is 0.480 e. The van der Waals surface area contributed by atoms with E-state index in [0.717, 1.165) is 10.0 Å². The molecule has 1 N–H and O–H groups in total. The van der Waals surface area contributed by atoms with Gasteiger partial charge in [-0.3, -0.25) is 4.79 Å². The summed E-state index contributed by atoms with van der Waals surface area (Å²) in [5.41, 5.74) is 0.987. The van der Waals surface area contributed by atoms with E-state index < -0.39 is 5.97 Å². The molecule has 1 aromatic rings. The maximum absolute atomic E-state index is 11.9. The van der Waals surface area contributed by atoms with Gasteiger partial charge in [0.15, 0.2) is 0 Å². The Morgan fingerprint density at radius 2 is 2.17 bits per heavy atom. The van der Waals surface area contributed by atoms with Gasteiger partial charge in [-0.05, 0) is 11.6 Å². The third-order valence-electron chi connectivity index (χ3n) is 3.02. The second-order valence-corrected chi connectivity index (χ2v) is 5.06. The van der Waals surface area contributed by atoms with Gasteiger partial charge in [0.25, 0.3) is 0 Å². The number of rotatable bonds is 3. The first-order valence-corrected chi connectivity index (χ1v) is 6.28. The molecule has 1 aromatic carbocycles. The lowest BCUT2D eigenvalue weighted by Gasteiger charge is -2.19. The summed E-state index contributed by atoms with van der Waals surface area (Å²) in [7, 11) is 1.69. The third-order valence-corrected chi connectivity index (χ3v) is 3.75. The highest BCUT2D eigenvalue weighted by Crippen LogP contribution is 2.32. The van der Waals surface area contributed by atoms with Crippen LogP contribution in [0, 0.1) is 0 Å². The first-order chi connectivity index (χ1) is 8.50. The van der Waals surface area contributed by atoms with E-state index in [1.165, 1.54) is 4.90 Å². The number of aliphatic carboxylic acids is 1. The highest BCUT2D eigenvalue weighted by atomic mass is 79.9. The van der Waals surface area contributed by atoms with Crippen molar-refractivity contribution in [2.45, 2.75) is 6.04 Å². The summed E-state index contributed by atoms with van der Waals surface area (Å²) >= 11 is 3.45. The van der Waals surface area contributed by atoms with E-state index in [0.29, 0.717) is 6.54 Å². The first kappa shape index (κ1) is 12.9. The Balaban J connectivity index is 2.24. The van der Waals surface area contributed by atoms with Crippen LogP contribution in [0.15, 0.2) is 28.7 Å². The van der Waals surface area contributed by atoms with Crippen LogP contribution in [0.3, 0.4) is 0 Å². The number of benzene rings is 1. The van der Waals surface area contributed by atoms with Crippen LogP contribution in [-0.2, 0) is 4.79 Å². The molecule has 2 rings (SSSR count). The summed E-state index contributed by atoms with van der Waals surface area (Å²) in [4.78, 5) is 25.5. The first-order valence-electron chi connectivity index (χ1n) is 5.48. The quantitative estimate of drug-likeness (QED) is 0.928. The Labute approximate surface area is 113 Å². The number of carbonyl (C=O) groups excluding carboxylic acids is 1. The van der Waals surface area contributed by atoms with Gasteiger partial charge < -0.3 is 14.9 Å². The van der Waals surface area contributed by atoms with Crippen molar-refractivity contribution in [3.8, 4) is 0 Å². The molecule has 96 valence electrons. The number of likely N-dealkylation sites (N-methyl/N-ethyl adjacent to an activating group) is 1. The van der Waals surface area contributed by atoms with E-state index in [4.69, 9.17) is 5.11 Å². The third kappa shape index (κ3) is 2.33. The molecule has 0 bridgehead atoms. The number of halogens is 1. The molecule has 0 aromatic heterocycles. The van der Waals surface area contributed by atoms with Crippen molar-refractivity contribution < 1.29 is 14.7 Å². The smallest absolute Gasteiger partial charge is 0.323 e. The highest BCUT2D eigenvalue weighted by Gasteiger charge is 2.36. The van der Waals surface area contributed by atoms with E-state index in [1.807, 2.05) is 24.3 Å². The van der Waals surface area contributed by atoms with Gasteiger partial charge in [0.1, 0.15) is 6.54 Å². The van der Waals surface area contributed by atoms with Gasteiger partial charge in [-0.1, -0.05) is 34.1 Å². The molecule has 1 atom stereocenters. The molecule has 6 heteroatoms. The number of carboxylic acids is 1. The fraction of sp³-hybridized carbons (Fsp3) is 0.333. The number of carboxylic acid groups (broad SMARTS) is 1. The zero-order chi connectivity index (χ0) is 13.3. The predicted octanol–water partition coefficient (Wildman–Crippen LogP) is 1.94. The molecule has 0 aliphatic carbocycles. The molecular formula is C12H13BrN2O3. The van der Waals surface area contributed by atoms with Gasteiger partial charge in [-0.15, -0.1) is 0 Å². The van der Waals surface area contributed by atoms with Crippen molar-refractivity contribution in [2.24, 2.45) is 0 Å². The van der Waals surface area contributed by atoms with Crippen LogP contribution in [0.1, 0.15) is 11.6 Å². The summed E-state index contributed by atoms with van der Waals surface area (Å²) in [5, 5.41) is 8.77. The number of urea groups is 1. The van der Waals surface area contributed by atoms with Crippen LogP contribution in [-0.4, -0.2) is 47.0 Å². The van der Waals surface area contributed by atoms with Crippen molar-refractivity contribution in [3.63, 3.8) is 0 Å². The minimum absolute atomic E-state index is 0.118. The molecule has 2 amide bonds. The van der Waals surface area contributed by atoms with Crippen LogP contribution in [0.25, 0.3) is 0 Å². The zero-order valence-electron chi connectivity index (χ0n) is 9.84. The van der Waals surface area contributed by atoms with E-state index in [-0.39, 0.29) is 18.6 Å². The van der Waals surface area contributed by atoms with Crippen LogP contribution in [0.4, 0.5) is 4.79 Å². The molecule has 1 aliphatic heterocycles. The molecule has 0 saturated carbocycles. The van der Waals surface area contributed by atoms with Gasteiger partial charge in [0, 0.05) is 18.1 Å². The molecule has 1 unspecified atom stereocenters.